The number of likely N-dealkylation sites (tertiary alicyclic amines) is 1. The summed E-state index contributed by atoms with van der Waals surface area (Å²) in [4.78, 5) is 39.4. The number of anilines is 1. The molecular formula is C16H17Cl2N3O3. The fraction of sp³-hybridized carbons (Fsp3) is 0.438. The van der Waals surface area contributed by atoms with Crippen LogP contribution in [0, 0.1) is 5.92 Å². The Balaban J connectivity index is 1.78. The Labute approximate surface area is 149 Å². The number of benzene rings is 1. The van der Waals surface area contributed by atoms with E-state index in [-0.39, 0.29) is 30.1 Å². The van der Waals surface area contributed by atoms with Gasteiger partial charge in [0.25, 0.3) is 5.91 Å². The molecule has 2 saturated heterocycles. The van der Waals surface area contributed by atoms with Crippen molar-refractivity contribution in [2.75, 3.05) is 18.0 Å². The molecule has 1 aromatic rings. The van der Waals surface area contributed by atoms with Crippen molar-refractivity contribution < 1.29 is 14.4 Å². The van der Waals surface area contributed by atoms with Gasteiger partial charge in [-0.15, -0.1) is 0 Å². The maximum absolute atomic E-state index is 12.8. The third kappa shape index (κ3) is 3.14. The summed E-state index contributed by atoms with van der Waals surface area (Å²) < 4.78 is 0. The lowest BCUT2D eigenvalue weighted by Crippen LogP contribution is -2.47. The third-order valence-corrected chi connectivity index (χ3v) is 5.20. The van der Waals surface area contributed by atoms with Crippen molar-refractivity contribution in [1.29, 1.82) is 0 Å². The molecule has 0 radical (unpaired) electrons. The van der Waals surface area contributed by atoms with Crippen LogP contribution in [0.15, 0.2) is 18.2 Å². The van der Waals surface area contributed by atoms with E-state index in [4.69, 9.17) is 28.9 Å². The quantitative estimate of drug-likeness (QED) is 0.823. The van der Waals surface area contributed by atoms with E-state index in [1.54, 1.807) is 12.1 Å². The van der Waals surface area contributed by atoms with Crippen LogP contribution in [-0.2, 0) is 14.4 Å². The first-order chi connectivity index (χ1) is 11.4. The zero-order chi connectivity index (χ0) is 17.4. The van der Waals surface area contributed by atoms with Gasteiger partial charge in [-0.3, -0.25) is 19.3 Å². The molecule has 24 heavy (non-hydrogen) atoms. The summed E-state index contributed by atoms with van der Waals surface area (Å²) in [6, 6.07) is 4.15. The van der Waals surface area contributed by atoms with E-state index >= 15 is 0 Å². The largest absolute Gasteiger partial charge is 0.369 e. The summed E-state index contributed by atoms with van der Waals surface area (Å²) in [7, 11) is 0. The normalized spacial score (nSPS) is 23.1. The molecule has 1 aromatic carbocycles. The van der Waals surface area contributed by atoms with Crippen LogP contribution in [0.3, 0.4) is 0 Å². The predicted molar refractivity (Wildman–Crippen MR) is 90.9 cm³/mol. The van der Waals surface area contributed by atoms with Gasteiger partial charge in [-0.05, 0) is 44.1 Å². The van der Waals surface area contributed by atoms with Crippen LogP contribution in [0.4, 0.5) is 5.69 Å². The van der Waals surface area contributed by atoms with Gasteiger partial charge >= 0.3 is 0 Å². The lowest BCUT2D eigenvalue weighted by atomic mass is 9.95. The summed E-state index contributed by atoms with van der Waals surface area (Å²) in [5, 5.41) is 0.704. The summed E-state index contributed by atoms with van der Waals surface area (Å²) in [6.45, 7) is 1.13. The van der Waals surface area contributed by atoms with Crippen molar-refractivity contribution in [3.63, 3.8) is 0 Å². The van der Waals surface area contributed by atoms with Gasteiger partial charge in [0.1, 0.15) is 0 Å². The number of piperidine rings is 1. The molecule has 2 fully saturated rings. The van der Waals surface area contributed by atoms with Gasteiger partial charge < -0.3 is 5.73 Å². The number of carbonyl (C=O) groups excluding carboxylic acids is 3. The molecule has 8 heteroatoms. The van der Waals surface area contributed by atoms with Crippen LogP contribution in [0.1, 0.15) is 19.3 Å². The second-order valence-corrected chi connectivity index (χ2v) is 6.94. The van der Waals surface area contributed by atoms with Gasteiger partial charge in [-0.2, -0.15) is 0 Å². The van der Waals surface area contributed by atoms with Crippen molar-refractivity contribution >= 4 is 46.6 Å². The van der Waals surface area contributed by atoms with Crippen LogP contribution in [-0.4, -0.2) is 41.8 Å². The maximum atomic E-state index is 12.8. The summed E-state index contributed by atoms with van der Waals surface area (Å²) in [6.07, 6.45) is 1.30. The Bertz CT molecular complexity index is 702. The number of hydrogen-bond acceptors (Lipinski definition) is 4. The van der Waals surface area contributed by atoms with Gasteiger partial charge in [-0.25, -0.2) is 4.90 Å². The van der Waals surface area contributed by atoms with E-state index in [0.717, 1.165) is 4.90 Å². The highest BCUT2D eigenvalue weighted by molar-refractivity contribution is 6.37. The molecule has 0 bridgehead atoms. The number of primary amides is 1. The van der Waals surface area contributed by atoms with Gasteiger partial charge in [0.2, 0.25) is 11.8 Å². The molecule has 2 aliphatic rings. The number of hydrogen-bond donors (Lipinski definition) is 1. The standard InChI is InChI=1S/C16H17Cl2N3O3/c17-10-1-2-11(18)12(7-10)21-14(22)8-13(16(21)24)20-5-3-9(4-6-20)15(19)23/h1-2,7,9,13H,3-6,8H2,(H2,19,23). The van der Waals surface area contributed by atoms with Gasteiger partial charge in [0, 0.05) is 10.9 Å². The number of imide groups is 1. The number of amides is 3. The Kier molecular flexibility index (Phi) is 4.80. The Hall–Kier alpha value is -1.63. The maximum Gasteiger partial charge on any atom is 0.251 e. The zero-order valence-electron chi connectivity index (χ0n) is 12.9. The van der Waals surface area contributed by atoms with Gasteiger partial charge in [0.15, 0.2) is 0 Å². The van der Waals surface area contributed by atoms with Crippen LogP contribution < -0.4 is 10.6 Å². The average Bonchev–Trinajstić information content (AvgIpc) is 2.84. The molecule has 2 N–H and O–H groups in total. The number of nitrogens with two attached hydrogens (primary N) is 1. The molecule has 3 rings (SSSR count). The molecule has 3 amide bonds. The Morgan fingerprint density at radius 2 is 1.83 bits per heavy atom. The van der Waals surface area contributed by atoms with Crippen LogP contribution in [0.2, 0.25) is 10.0 Å². The van der Waals surface area contributed by atoms with Crippen molar-refractivity contribution in [2.24, 2.45) is 11.7 Å². The fourth-order valence-electron chi connectivity index (χ4n) is 3.31. The van der Waals surface area contributed by atoms with Crippen molar-refractivity contribution in [3.8, 4) is 0 Å². The zero-order valence-corrected chi connectivity index (χ0v) is 14.4. The SMILES string of the molecule is NC(=O)C1CCN(C2CC(=O)N(c3cc(Cl)ccc3Cl)C2=O)CC1. The number of rotatable bonds is 3. The van der Waals surface area contributed by atoms with E-state index in [1.165, 1.54) is 6.07 Å². The number of carbonyl (C=O) groups is 3. The molecule has 1 atom stereocenters. The molecular weight excluding hydrogens is 353 g/mol. The predicted octanol–water partition coefficient (Wildman–Crippen LogP) is 1.82. The molecule has 0 spiro atoms. The molecule has 6 nitrogen and oxygen atoms in total. The fourth-order valence-corrected chi connectivity index (χ4v) is 3.68. The molecule has 2 aliphatic heterocycles. The minimum atomic E-state index is -0.527. The van der Waals surface area contributed by atoms with Crippen molar-refractivity contribution in [3.05, 3.63) is 28.2 Å². The van der Waals surface area contributed by atoms with E-state index in [2.05, 4.69) is 0 Å². The van der Waals surface area contributed by atoms with E-state index in [9.17, 15) is 14.4 Å². The first-order valence-corrected chi connectivity index (χ1v) is 8.49. The smallest absolute Gasteiger partial charge is 0.251 e. The highest BCUT2D eigenvalue weighted by Crippen LogP contribution is 2.34. The molecule has 1 unspecified atom stereocenters. The monoisotopic (exact) mass is 369 g/mol. The lowest BCUT2D eigenvalue weighted by molar-refractivity contribution is -0.124. The molecule has 0 aliphatic carbocycles. The molecule has 2 heterocycles. The Morgan fingerprint density at radius 1 is 1.17 bits per heavy atom. The van der Waals surface area contributed by atoms with Gasteiger partial charge in [0.05, 0.1) is 23.2 Å². The topological polar surface area (TPSA) is 83.7 Å². The minimum Gasteiger partial charge on any atom is -0.369 e. The summed E-state index contributed by atoms with van der Waals surface area (Å²) in [5.41, 5.74) is 5.64. The number of nitrogens with zero attached hydrogens (tertiary/aromatic N) is 2. The molecule has 0 aromatic heterocycles. The summed E-state index contributed by atoms with van der Waals surface area (Å²) >= 11 is 12.1. The van der Waals surface area contributed by atoms with Crippen molar-refractivity contribution in [2.45, 2.75) is 25.3 Å². The van der Waals surface area contributed by atoms with Crippen LogP contribution in [0.5, 0.6) is 0 Å². The molecule has 128 valence electrons. The highest BCUT2D eigenvalue weighted by atomic mass is 35.5. The highest BCUT2D eigenvalue weighted by Gasteiger charge is 2.44. The minimum absolute atomic E-state index is 0.100. The average molecular weight is 370 g/mol. The first-order valence-electron chi connectivity index (χ1n) is 7.73. The third-order valence-electron chi connectivity index (χ3n) is 4.64. The molecule has 0 saturated carbocycles. The second-order valence-electron chi connectivity index (χ2n) is 6.10. The number of halogens is 2. The van der Waals surface area contributed by atoms with Crippen LogP contribution in [0.25, 0.3) is 0 Å². The summed E-state index contributed by atoms with van der Waals surface area (Å²) in [5.74, 6) is -1.07. The van der Waals surface area contributed by atoms with Gasteiger partial charge in [-0.1, -0.05) is 23.2 Å². The first kappa shape index (κ1) is 17.2. The second kappa shape index (κ2) is 6.70. The Morgan fingerprint density at radius 3 is 2.46 bits per heavy atom. The van der Waals surface area contributed by atoms with E-state index < -0.39 is 6.04 Å². The van der Waals surface area contributed by atoms with Crippen molar-refractivity contribution in [1.82, 2.24) is 4.90 Å². The van der Waals surface area contributed by atoms with E-state index in [1.807, 2.05) is 4.90 Å². The van der Waals surface area contributed by atoms with E-state index in [0.29, 0.717) is 41.7 Å². The lowest BCUT2D eigenvalue weighted by Gasteiger charge is -2.33. The van der Waals surface area contributed by atoms with Crippen LogP contribution >= 0.6 is 23.2 Å².